The lowest BCUT2D eigenvalue weighted by Gasteiger charge is -2.28. The molecule has 35 heavy (non-hydrogen) atoms. The number of methoxy groups -OCH3 is 1. The standard InChI is InChI=1S/C24H25Cl2N5O3S/c1-4-9-35-24-29-23-28-13(2)20(22(27)32)21(31(23)30-24)14-6-8-18(19(10-14)33-3)34-12-15-5-7-16(25)11-17(15)26/h5-8,10-11,21H,4,9,12H2,1-3H3,(H2,27,32)(H,28,29,30). The number of hydrogen-bond acceptors (Lipinski definition) is 7. The van der Waals surface area contributed by atoms with E-state index < -0.39 is 11.9 Å². The molecule has 2 heterocycles. The van der Waals surface area contributed by atoms with E-state index in [0.29, 0.717) is 43.9 Å². The fourth-order valence-corrected chi connectivity index (χ4v) is 4.93. The van der Waals surface area contributed by atoms with E-state index in [0.717, 1.165) is 23.3 Å². The van der Waals surface area contributed by atoms with Crippen molar-refractivity contribution in [3.05, 3.63) is 68.8 Å². The number of nitrogens with one attached hydrogen (secondary N) is 1. The van der Waals surface area contributed by atoms with Gasteiger partial charge in [-0.25, -0.2) is 4.68 Å². The quantitative estimate of drug-likeness (QED) is 0.352. The largest absolute Gasteiger partial charge is 0.493 e. The molecule has 3 aromatic rings. The number of halogens is 2. The van der Waals surface area contributed by atoms with Crippen molar-refractivity contribution in [2.45, 2.75) is 38.1 Å². The van der Waals surface area contributed by atoms with Crippen molar-refractivity contribution < 1.29 is 14.3 Å². The first-order valence-electron chi connectivity index (χ1n) is 10.9. The number of ether oxygens (including phenoxy) is 2. The van der Waals surface area contributed by atoms with Gasteiger partial charge in [-0.05, 0) is 43.2 Å². The highest BCUT2D eigenvalue weighted by atomic mass is 35.5. The van der Waals surface area contributed by atoms with E-state index in [2.05, 4.69) is 22.3 Å². The topological polar surface area (TPSA) is 104 Å². The molecular weight excluding hydrogens is 509 g/mol. The Morgan fingerprint density at radius 1 is 1.23 bits per heavy atom. The Balaban J connectivity index is 1.68. The van der Waals surface area contributed by atoms with E-state index in [-0.39, 0.29) is 6.61 Å². The van der Waals surface area contributed by atoms with Crippen molar-refractivity contribution in [1.82, 2.24) is 14.8 Å². The molecule has 1 aliphatic rings. The molecule has 0 saturated heterocycles. The van der Waals surface area contributed by atoms with Gasteiger partial charge in [-0.1, -0.05) is 54.0 Å². The molecule has 11 heteroatoms. The van der Waals surface area contributed by atoms with E-state index in [9.17, 15) is 4.79 Å². The van der Waals surface area contributed by atoms with Crippen LogP contribution < -0.4 is 20.5 Å². The SMILES string of the molecule is CCCSc1nc2n(n1)C(c1ccc(OCc3ccc(Cl)cc3Cl)c(OC)c1)C(C(N)=O)=C(C)N2. The third kappa shape index (κ3) is 5.37. The second kappa shape index (κ2) is 10.8. The van der Waals surface area contributed by atoms with Crippen molar-refractivity contribution in [3.8, 4) is 11.5 Å². The molecular formula is C24H25Cl2N5O3S. The number of nitrogens with zero attached hydrogens (tertiary/aromatic N) is 3. The lowest BCUT2D eigenvalue weighted by molar-refractivity contribution is -0.115. The summed E-state index contributed by atoms with van der Waals surface area (Å²) in [5.74, 6) is 1.92. The van der Waals surface area contributed by atoms with Crippen LogP contribution >= 0.6 is 35.0 Å². The smallest absolute Gasteiger partial charge is 0.248 e. The number of primary amides is 1. The van der Waals surface area contributed by atoms with Gasteiger partial charge in [0.15, 0.2) is 11.5 Å². The molecule has 1 amide bonds. The predicted octanol–water partition coefficient (Wildman–Crippen LogP) is 5.45. The van der Waals surface area contributed by atoms with E-state index >= 15 is 0 Å². The first-order chi connectivity index (χ1) is 16.8. The van der Waals surface area contributed by atoms with Gasteiger partial charge in [-0.2, -0.15) is 4.98 Å². The fraction of sp³-hybridized carbons (Fsp3) is 0.292. The third-order valence-electron chi connectivity index (χ3n) is 5.44. The Hall–Kier alpha value is -2.88. The zero-order valence-electron chi connectivity index (χ0n) is 19.5. The van der Waals surface area contributed by atoms with Crippen LogP contribution in [-0.4, -0.2) is 33.5 Å². The molecule has 1 aromatic heterocycles. The predicted molar refractivity (Wildman–Crippen MR) is 138 cm³/mol. The van der Waals surface area contributed by atoms with Crippen LogP contribution in [0.1, 0.15) is 37.4 Å². The van der Waals surface area contributed by atoms with Crippen LogP contribution in [0.2, 0.25) is 10.0 Å². The van der Waals surface area contributed by atoms with Gasteiger partial charge >= 0.3 is 0 Å². The second-order valence-electron chi connectivity index (χ2n) is 7.88. The molecule has 0 spiro atoms. The molecule has 0 bridgehead atoms. The number of thioether (sulfide) groups is 1. The van der Waals surface area contributed by atoms with Gasteiger partial charge in [-0.3, -0.25) is 4.79 Å². The van der Waals surface area contributed by atoms with Gasteiger partial charge < -0.3 is 20.5 Å². The molecule has 2 aromatic carbocycles. The summed E-state index contributed by atoms with van der Waals surface area (Å²) >= 11 is 13.8. The lowest BCUT2D eigenvalue weighted by Crippen LogP contribution is -2.31. The maximum Gasteiger partial charge on any atom is 0.248 e. The summed E-state index contributed by atoms with van der Waals surface area (Å²) in [6, 6.07) is 10.1. The first kappa shape index (κ1) is 25.2. The number of nitrogens with two attached hydrogens (primary N) is 1. The minimum Gasteiger partial charge on any atom is -0.493 e. The lowest BCUT2D eigenvalue weighted by atomic mass is 9.95. The normalized spacial score (nSPS) is 14.9. The average Bonchev–Trinajstić information content (AvgIpc) is 3.23. The number of carbonyl (C=O) groups excluding carboxylic acids is 1. The number of benzene rings is 2. The molecule has 1 unspecified atom stereocenters. The molecule has 0 radical (unpaired) electrons. The minimum atomic E-state index is -0.569. The summed E-state index contributed by atoms with van der Waals surface area (Å²) in [6.45, 7) is 4.13. The van der Waals surface area contributed by atoms with E-state index in [1.54, 1.807) is 48.7 Å². The Morgan fingerprint density at radius 2 is 2.03 bits per heavy atom. The first-order valence-corrected chi connectivity index (χ1v) is 12.7. The van der Waals surface area contributed by atoms with Crippen molar-refractivity contribution in [2.24, 2.45) is 5.73 Å². The van der Waals surface area contributed by atoms with E-state index in [1.807, 2.05) is 18.2 Å². The Morgan fingerprint density at radius 3 is 2.71 bits per heavy atom. The van der Waals surface area contributed by atoms with Gasteiger partial charge in [0.1, 0.15) is 12.6 Å². The number of rotatable bonds is 9. The number of carbonyl (C=O) groups is 1. The number of fused-ring (bicyclic) bond motifs is 1. The van der Waals surface area contributed by atoms with Crippen LogP contribution in [-0.2, 0) is 11.4 Å². The van der Waals surface area contributed by atoms with Crippen LogP contribution in [0.5, 0.6) is 11.5 Å². The maximum atomic E-state index is 12.5. The molecule has 0 fully saturated rings. The highest BCUT2D eigenvalue weighted by Gasteiger charge is 2.34. The molecule has 0 aliphatic carbocycles. The van der Waals surface area contributed by atoms with E-state index in [4.69, 9.17) is 38.4 Å². The highest BCUT2D eigenvalue weighted by molar-refractivity contribution is 7.99. The summed E-state index contributed by atoms with van der Waals surface area (Å²) < 4.78 is 13.3. The van der Waals surface area contributed by atoms with Crippen LogP contribution in [0.4, 0.5) is 5.95 Å². The van der Waals surface area contributed by atoms with Crippen molar-refractivity contribution in [1.29, 1.82) is 0 Å². The summed E-state index contributed by atoms with van der Waals surface area (Å²) in [5.41, 5.74) is 8.36. The zero-order chi connectivity index (χ0) is 25.1. The fourth-order valence-electron chi connectivity index (χ4n) is 3.78. The molecule has 0 saturated carbocycles. The summed E-state index contributed by atoms with van der Waals surface area (Å²) in [7, 11) is 1.56. The number of allylic oxidation sites excluding steroid dienone is 1. The number of amides is 1. The van der Waals surface area contributed by atoms with Gasteiger partial charge in [0.25, 0.3) is 0 Å². The molecule has 184 valence electrons. The number of hydrogen-bond donors (Lipinski definition) is 2. The maximum absolute atomic E-state index is 12.5. The highest BCUT2D eigenvalue weighted by Crippen LogP contribution is 2.39. The molecule has 1 aliphatic heterocycles. The van der Waals surface area contributed by atoms with Crippen molar-refractivity contribution >= 4 is 46.8 Å². The minimum absolute atomic E-state index is 0.232. The van der Waals surface area contributed by atoms with Crippen molar-refractivity contribution in [2.75, 3.05) is 18.2 Å². The molecule has 1 atom stereocenters. The van der Waals surface area contributed by atoms with Crippen LogP contribution in [0, 0.1) is 0 Å². The Kier molecular flexibility index (Phi) is 7.78. The second-order valence-corrected chi connectivity index (χ2v) is 9.78. The van der Waals surface area contributed by atoms with E-state index in [1.165, 1.54) is 0 Å². The average molecular weight is 534 g/mol. The van der Waals surface area contributed by atoms with Gasteiger partial charge in [0.05, 0.1) is 12.7 Å². The van der Waals surface area contributed by atoms with Crippen LogP contribution in [0.15, 0.2) is 52.8 Å². The van der Waals surface area contributed by atoms with Gasteiger partial charge in [0.2, 0.25) is 17.0 Å². The summed E-state index contributed by atoms with van der Waals surface area (Å²) in [5, 5.41) is 9.51. The number of aromatic nitrogens is 3. The van der Waals surface area contributed by atoms with Crippen LogP contribution in [0.25, 0.3) is 0 Å². The van der Waals surface area contributed by atoms with Crippen LogP contribution in [0.3, 0.4) is 0 Å². The zero-order valence-corrected chi connectivity index (χ0v) is 21.8. The number of anilines is 1. The Bertz CT molecular complexity index is 1290. The van der Waals surface area contributed by atoms with Gasteiger partial charge in [0, 0.05) is 27.1 Å². The molecule has 8 nitrogen and oxygen atoms in total. The Labute approximate surface area is 217 Å². The molecule has 4 rings (SSSR count). The van der Waals surface area contributed by atoms with Crippen molar-refractivity contribution in [3.63, 3.8) is 0 Å². The summed E-state index contributed by atoms with van der Waals surface area (Å²) in [4.78, 5) is 17.0. The monoisotopic (exact) mass is 533 g/mol. The third-order valence-corrected chi connectivity index (χ3v) is 7.07. The summed E-state index contributed by atoms with van der Waals surface area (Å²) in [6.07, 6.45) is 0.995. The van der Waals surface area contributed by atoms with Gasteiger partial charge in [-0.15, -0.1) is 5.10 Å². The molecule has 3 N–H and O–H groups in total.